The first kappa shape index (κ1) is 14.7. The maximum Gasteiger partial charge on any atom is 0.255 e. The molecule has 0 bridgehead atoms. The van der Waals surface area contributed by atoms with Crippen LogP contribution < -0.4 is 0 Å². The highest BCUT2D eigenvalue weighted by atomic mass is 19.1. The zero-order valence-corrected chi connectivity index (χ0v) is 12.4. The van der Waals surface area contributed by atoms with Gasteiger partial charge in [-0.05, 0) is 36.8 Å². The van der Waals surface area contributed by atoms with Crippen molar-refractivity contribution < 1.29 is 13.9 Å². The smallest absolute Gasteiger partial charge is 0.255 e. The average Bonchev–Trinajstić information content (AvgIpc) is 2.57. The van der Waals surface area contributed by atoms with Crippen molar-refractivity contribution in [3.8, 4) is 11.3 Å². The predicted octanol–water partition coefficient (Wildman–Crippen LogP) is 2.67. The van der Waals surface area contributed by atoms with Gasteiger partial charge in [-0.2, -0.15) is 0 Å². The highest BCUT2D eigenvalue weighted by Crippen LogP contribution is 2.22. The summed E-state index contributed by atoms with van der Waals surface area (Å²) in [5, 5.41) is 0. The van der Waals surface area contributed by atoms with Crippen LogP contribution in [-0.4, -0.2) is 42.1 Å². The molecule has 0 spiro atoms. The van der Waals surface area contributed by atoms with E-state index in [-0.39, 0.29) is 11.7 Å². The standard InChI is InChI=1S/C17H17FN2O2/c1-12-2-4-14(18)10-15(12)16-5-3-13(11-19-16)17(21)20-6-8-22-9-7-20/h2-5,10-11H,6-9H2,1H3. The number of amides is 1. The van der Waals surface area contributed by atoms with Gasteiger partial charge < -0.3 is 9.64 Å². The van der Waals surface area contributed by atoms with Crippen LogP contribution in [0, 0.1) is 12.7 Å². The first-order chi connectivity index (χ1) is 10.6. The van der Waals surface area contributed by atoms with Crippen molar-refractivity contribution in [1.82, 2.24) is 9.88 Å². The maximum absolute atomic E-state index is 13.4. The molecule has 3 rings (SSSR count). The first-order valence-electron chi connectivity index (χ1n) is 7.25. The summed E-state index contributed by atoms with van der Waals surface area (Å²) in [6, 6.07) is 8.11. The highest BCUT2D eigenvalue weighted by molar-refractivity contribution is 5.94. The molecule has 0 atom stereocenters. The van der Waals surface area contributed by atoms with E-state index in [1.807, 2.05) is 6.92 Å². The van der Waals surface area contributed by atoms with Crippen molar-refractivity contribution in [2.24, 2.45) is 0 Å². The Morgan fingerprint density at radius 2 is 2.00 bits per heavy atom. The van der Waals surface area contributed by atoms with Crippen LogP contribution in [0.5, 0.6) is 0 Å². The van der Waals surface area contributed by atoms with Crippen LogP contribution in [0.2, 0.25) is 0 Å². The van der Waals surface area contributed by atoms with Gasteiger partial charge in [0, 0.05) is 24.8 Å². The Labute approximate surface area is 128 Å². The topological polar surface area (TPSA) is 42.4 Å². The van der Waals surface area contributed by atoms with Gasteiger partial charge >= 0.3 is 0 Å². The molecule has 2 aromatic rings. The van der Waals surface area contributed by atoms with E-state index in [2.05, 4.69) is 4.98 Å². The summed E-state index contributed by atoms with van der Waals surface area (Å²) >= 11 is 0. The lowest BCUT2D eigenvalue weighted by Crippen LogP contribution is -2.40. The van der Waals surface area contributed by atoms with Gasteiger partial charge in [-0.3, -0.25) is 9.78 Å². The third kappa shape index (κ3) is 2.99. The normalized spacial score (nSPS) is 14.9. The van der Waals surface area contributed by atoms with E-state index in [0.717, 1.165) is 11.1 Å². The number of aromatic nitrogens is 1. The van der Waals surface area contributed by atoms with Crippen molar-refractivity contribution in [2.45, 2.75) is 6.92 Å². The molecule has 1 aromatic carbocycles. The summed E-state index contributed by atoms with van der Waals surface area (Å²) in [5.41, 5.74) is 2.89. The number of hydrogen-bond donors (Lipinski definition) is 0. The molecule has 1 amide bonds. The molecule has 0 N–H and O–H groups in total. The van der Waals surface area contributed by atoms with Crippen LogP contribution in [-0.2, 0) is 4.74 Å². The van der Waals surface area contributed by atoms with E-state index in [1.165, 1.54) is 12.1 Å². The van der Waals surface area contributed by atoms with E-state index in [1.54, 1.807) is 29.3 Å². The second-order valence-corrected chi connectivity index (χ2v) is 5.30. The van der Waals surface area contributed by atoms with E-state index in [4.69, 9.17) is 4.74 Å². The third-order valence-electron chi connectivity index (χ3n) is 3.78. The summed E-state index contributed by atoms with van der Waals surface area (Å²) in [6.07, 6.45) is 1.55. The molecule has 0 radical (unpaired) electrons. The number of halogens is 1. The lowest BCUT2D eigenvalue weighted by molar-refractivity contribution is 0.0302. The third-order valence-corrected chi connectivity index (χ3v) is 3.78. The Balaban J connectivity index is 1.83. The Morgan fingerprint density at radius 1 is 1.23 bits per heavy atom. The monoisotopic (exact) mass is 300 g/mol. The SMILES string of the molecule is Cc1ccc(F)cc1-c1ccc(C(=O)N2CCOCC2)cn1. The number of hydrogen-bond acceptors (Lipinski definition) is 3. The lowest BCUT2D eigenvalue weighted by Gasteiger charge is -2.26. The fraction of sp³-hybridized carbons (Fsp3) is 0.294. The number of carbonyl (C=O) groups is 1. The summed E-state index contributed by atoms with van der Waals surface area (Å²) < 4.78 is 18.6. The van der Waals surface area contributed by atoms with Gasteiger partial charge in [0.15, 0.2) is 0 Å². The fourth-order valence-electron chi connectivity index (χ4n) is 2.50. The highest BCUT2D eigenvalue weighted by Gasteiger charge is 2.18. The Morgan fingerprint density at radius 3 is 2.68 bits per heavy atom. The van der Waals surface area contributed by atoms with Gasteiger partial charge in [-0.1, -0.05) is 6.07 Å². The summed E-state index contributed by atoms with van der Waals surface area (Å²) in [4.78, 5) is 18.4. The van der Waals surface area contributed by atoms with Crippen LogP contribution in [0.1, 0.15) is 15.9 Å². The Kier molecular flexibility index (Phi) is 4.15. The van der Waals surface area contributed by atoms with E-state index >= 15 is 0 Å². The average molecular weight is 300 g/mol. The molecule has 2 heterocycles. The number of pyridine rings is 1. The number of aryl methyl sites for hydroxylation is 1. The molecule has 4 nitrogen and oxygen atoms in total. The van der Waals surface area contributed by atoms with Gasteiger partial charge in [0.1, 0.15) is 5.82 Å². The van der Waals surface area contributed by atoms with Crippen molar-refractivity contribution in [3.05, 3.63) is 53.5 Å². The molecule has 0 aliphatic carbocycles. The number of carbonyl (C=O) groups excluding carboxylic acids is 1. The number of rotatable bonds is 2. The van der Waals surface area contributed by atoms with Gasteiger partial charge in [-0.25, -0.2) is 4.39 Å². The maximum atomic E-state index is 13.4. The molecule has 1 saturated heterocycles. The quantitative estimate of drug-likeness (QED) is 0.856. The van der Waals surface area contributed by atoms with E-state index in [0.29, 0.717) is 37.6 Å². The molecule has 1 aliphatic heterocycles. The summed E-state index contributed by atoms with van der Waals surface area (Å²) in [7, 11) is 0. The van der Waals surface area contributed by atoms with Crippen LogP contribution in [0.25, 0.3) is 11.3 Å². The van der Waals surface area contributed by atoms with Crippen molar-refractivity contribution in [2.75, 3.05) is 26.3 Å². The van der Waals surface area contributed by atoms with Gasteiger partial charge in [0.2, 0.25) is 0 Å². The lowest BCUT2D eigenvalue weighted by atomic mass is 10.0. The Bertz CT molecular complexity index is 680. The number of benzene rings is 1. The summed E-state index contributed by atoms with van der Waals surface area (Å²) in [5.74, 6) is -0.339. The molecule has 1 aromatic heterocycles. The zero-order chi connectivity index (χ0) is 15.5. The van der Waals surface area contributed by atoms with Crippen molar-refractivity contribution in [3.63, 3.8) is 0 Å². The second kappa shape index (κ2) is 6.23. The van der Waals surface area contributed by atoms with Gasteiger partial charge in [0.05, 0.1) is 24.5 Å². The van der Waals surface area contributed by atoms with Crippen LogP contribution >= 0.6 is 0 Å². The van der Waals surface area contributed by atoms with Crippen molar-refractivity contribution >= 4 is 5.91 Å². The molecule has 5 heteroatoms. The van der Waals surface area contributed by atoms with Gasteiger partial charge in [-0.15, -0.1) is 0 Å². The molecule has 1 fully saturated rings. The summed E-state index contributed by atoms with van der Waals surface area (Å²) in [6.45, 7) is 4.25. The molecule has 22 heavy (non-hydrogen) atoms. The minimum absolute atomic E-state index is 0.0432. The Hall–Kier alpha value is -2.27. The number of morpholine rings is 1. The largest absolute Gasteiger partial charge is 0.378 e. The minimum Gasteiger partial charge on any atom is -0.378 e. The fourth-order valence-corrected chi connectivity index (χ4v) is 2.50. The first-order valence-corrected chi connectivity index (χ1v) is 7.25. The molecule has 0 unspecified atom stereocenters. The van der Waals surface area contributed by atoms with Crippen LogP contribution in [0.3, 0.4) is 0 Å². The molecule has 114 valence electrons. The van der Waals surface area contributed by atoms with E-state index < -0.39 is 0 Å². The van der Waals surface area contributed by atoms with Gasteiger partial charge in [0.25, 0.3) is 5.91 Å². The molecule has 0 saturated carbocycles. The number of ether oxygens (including phenoxy) is 1. The number of nitrogens with zero attached hydrogens (tertiary/aromatic N) is 2. The predicted molar refractivity (Wildman–Crippen MR) is 81.1 cm³/mol. The molecular formula is C17H17FN2O2. The van der Waals surface area contributed by atoms with Crippen LogP contribution in [0.15, 0.2) is 36.5 Å². The molecular weight excluding hydrogens is 283 g/mol. The van der Waals surface area contributed by atoms with E-state index in [9.17, 15) is 9.18 Å². The van der Waals surface area contributed by atoms with Crippen LogP contribution in [0.4, 0.5) is 4.39 Å². The minimum atomic E-state index is -0.295. The zero-order valence-electron chi connectivity index (χ0n) is 12.4. The second-order valence-electron chi connectivity index (χ2n) is 5.30. The molecule has 1 aliphatic rings. The van der Waals surface area contributed by atoms with Crippen molar-refractivity contribution in [1.29, 1.82) is 0 Å².